The van der Waals surface area contributed by atoms with Crippen LogP contribution in [0.2, 0.25) is 0 Å². The molecule has 0 bridgehead atoms. The van der Waals surface area contributed by atoms with E-state index >= 15 is 0 Å². The number of nitrogens with zero attached hydrogens (tertiary/aromatic N) is 4. The molecule has 0 unspecified atom stereocenters. The first-order chi connectivity index (χ1) is 14.9. The molecule has 7 nitrogen and oxygen atoms in total. The van der Waals surface area contributed by atoms with Crippen molar-refractivity contribution in [3.63, 3.8) is 0 Å². The van der Waals surface area contributed by atoms with Gasteiger partial charge in [0.1, 0.15) is 6.61 Å². The molecule has 2 heterocycles. The highest BCUT2D eigenvalue weighted by Gasteiger charge is 2.18. The number of carbonyl (C=O) groups excluding carboxylic acids is 2. The van der Waals surface area contributed by atoms with Gasteiger partial charge in [-0.3, -0.25) is 9.69 Å². The number of anilines is 2. The van der Waals surface area contributed by atoms with Crippen molar-refractivity contribution in [1.82, 2.24) is 15.0 Å². The highest BCUT2D eigenvalue weighted by Crippen LogP contribution is 2.29. The smallest absolute Gasteiger partial charge is 0.338 e. The van der Waals surface area contributed by atoms with Crippen molar-refractivity contribution in [2.45, 2.75) is 27.4 Å². The second kappa shape index (κ2) is 8.61. The summed E-state index contributed by atoms with van der Waals surface area (Å²) in [5.41, 5.74) is 4.76. The molecule has 31 heavy (non-hydrogen) atoms. The molecule has 2 aromatic carbocycles. The highest BCUT2D eigenvalue weighted by molar-refractivity contribution is 7.14. The SMILES string of the molecule is CC(=O)N(c1ccccc1)c1nc(COC(=O)c2ccc3nc(C)c(C)nc3c2)cs1. The number of hydrogen-bond acceptors (Lipinski definition) is 7. The predicted octanol–water partition coefficient (Wildman–Crippen LogP) is 4.74. The average Bonchev–Trinajstić information content (AvgIpc) is 3.21. The maximum atomic E-state index is 12.5. The van der Waals surface area contributed by atoms with E-state index in [9.17, 15) is 9.59 Å². The van der Waals surface area contributed by atoms with Crippen molar-refractivity contribution in [2.24, 2.45) is 0 Å². The fraction of sp³-hybridized carbons (Fsp3) is 0.174. The largest absolute Gasteiger partial charge is 0.456 e. The summed E-state index contributed by atoms with van der Waals surface area (Å²) in [5.74, 6) is -0.616. The molecule has 0 fully saturated rings. The number of fused-ring (bicyclic) bond motifs is 1. The Morgan fingerprint density at radius 2 is 1.68 bits per heavy atom. The second-order valence-electron chi connectivity index (χ2n) is 6.99. The van der Waals surface area contributed by atoms with Crippen LogP contribution in [-0.4, -0.2) is 26.8 Å². The van der Waals surface area contributed by atoms with E-state index < -0.39 is 5.97 Å². The molecule has 0 aliphatic heterocycles. The third-order valence-corrected chi connectivity index (χ3v) is 5.60. The molecule has 156 valence electrons. The number of ether oxygens (including phenoxy) is 1. The van der Waals surface area contributed by atoms with E-state index in [2.05, 4.69) is 15.0 Å². The van der Waals surface area contributed by atoms with Crippen molar-refractivity contribution < 1.29 is 14.3 Å². The number of aryl methyl sites for hydroxylation is 2. The van der Waals surface area contributed by atoms with Crippen LogP contribution in [0, 0.1) is 13.8 Å². The number of hydrogen-bond donors (Lipinski definition) is 0. The highest BCUT2D eigenvalue weighted by atomic mass is 32.1. The number of para-hydroxylation sites is 1. The zero-order chi connectivity index (χ0) is 22.0. The van der Waals surface area contributed by atoms with Gasteiger partial charge in [-0.15, -0.1) is 11.3 Å². The minimum Gasteiger partial charge on any atom is -0.456 e. The third kappa shape index (κ3) is 4.44. The molecule has 4 rings (SSSR count). The minimum absolute atomic E-state index is 0.00646. The molecule has 0 saturated heterocycles. The van der Waals surface area contributed by atoms with Crippen molar-refractivity contribution >= 4 is 45.1 Å². The number of rotatable bonds is 5. The summed E-state index contributed by atoms with van der Waals surface area (Å²) in [6, 6.07) is 14.4. The Bertz CT molecular complexity index is 1270. The Kier molecular flexibility index (Phi) is 5.73. The van der Waals surface area contributed by atoms with Crippen LogP contribution in [-0.2, 0) is 16.1 Å². The van der Waals surface area contributed by atoms with E-state index in [-0.39, 0.29) is 12.5 Å². The maximum Gasteiger partial charge on any atom is 0.338 e. The topological polar surface area (TPSA) is 85.3 Å². The van der Waals surface area contributed by atoms with E-state index in [1.165, 1.54) is 23.2 Å². The van der Waals surface area contributed by atoms with Gasteiger partial charge in [-0.2, -0.15) is 0 Å². The zero-order valence-electron chi connectivity index (χ0n) is 17.3. The molecule has 0 aliphatic carbocycles. The van der Waals surface area contributed by atoms with Crippen LogP contribution < -0.4 is 4.90 Å². The average molecular weight is 433 g/mol. The van der Waals surface area contributed by atoms with Crippen molar-refractivity contribution in [2.75, 3.05) is 4.90 Å². The van der Waals surface area contributed by atoms with Crippen LogP contribution in [0.15, 0.2) is 53.9 Å². The fourth-order valence-electron chi connectivity index (χ4n) is 3.05. The van der Waals surface area contributed by atoms with Gasteiger partial charge in [0.15, 0.2) is 5.13 Å². The number of aromatic nitrogens is 3. The third-order valence-electron chi connectivity index (χ3n) is 4.72. The lowest BCUT2D eigenvalue weighted by Crippen LogP contribution is -2.22. The van der Waals surface area contributed by atoms with E-state index in [4.69, 9.17) is 4.74 Å². The number of esters is 1. The molecule has 0 N–H and O–H groups in total. The Hall–Kier alpha value is -3.65. The predicted molar refractivity (Wildman–Crippen MR) is 120 cm³/mol. The van der Waals surface area contributed by atoms with Gasteiger partial charge in [0.05, 0.1) is 39.4 Å². The monoisotopic (exact) mass is 432 g/mol. The second-order valence-corrected chi connectivity index (χ2v) is 7.82. The molecule has 2 aromatic heterocycles. The molecule has 0 radical (unpaired) electrons. The van der Waals surface area contributed by atoms with Crippen molar-refractivity contribution in [1.29, 1.82) is 0 Å². The van der Waals surface area contributed by atoms with Crippen LogP contribution in [0.25, 0.3) is 11.0 Å². The summed E-state index contributed by atoms with van der Waals surface area (Å²) in [6.45, 7) is 5.27. The minimum atomic E-state index is -0.469. The molecular formula is C23H20N4O3S. The molecule has 1 amide bonds. The van der Waals surface area contributed by atoms with Crippen LogP contribution in [0.3, 0.4) is 0 Å². The van der Waals surface area contributed by atoms with Crippen LogP contribution in [0.4, 0.5) is 10.8 Å². The van der Waals surface area contributed by atoms with Crippen LogP contribution >= 0.6 is 11.3 Å². The van der Waals surface area contributed by atoms with E-state index in [1.54, 1.807) is 23.6 Å². The van der Waals surface area contributed by atoms with Gasteiger partial charge in [0.2, 0.25) is 5.91 Å². The molecule has 8 heteroatoms. The summed E-state index contributed by atoms with van der Waals surface area (Å²) in [5, 5.41) is 2.30. The molecule has 0 saturated carbocycles. The molecule has 0 atom stereocenters. The quantitative estimate of drug-likeness (QED) is 0.423. The molecule has 0 spiro atoms. The Labute approximate surface area is 183 Å². The fourth-order valence-corrected chi connectivity index (χ4v) is 3.92. The lowest BCUT2D eigenvalue weighted by molar-refractivity contribution is -0.115. The lowest BCUT2D eigenvalue weighted by Gasteiger charge is -2.17. The summed E-state index contributed by atoms with van der Waals surface area (Å²) in [4.78, 5) is 39.6. The first-order valence-electron chi connectivity index (χ1n) is 9.64. The summed E-state index contributed by atoms with van der Waals surface area (Å²) >= 11 is 1.32. The van der Waals surface area contributed by atoms with Crippen LogP contribution in [0.5, 0.6) is 0 Å². The van der Waals surface area contributed by atoms with Crippen molar-refractivity contribution in [3.8, 4) is 0 Å². The molecule has 0 aliphatic rings. The number of carbonyl (C=O) groups is 2. The zero-order valence-corrected chi connectivity index (χ0v) is 18.1. The van der Waals surface area contributed by atoms with Gasteiger partial charge in [-0.25, -0.2) is 19.7 Å². The molecule has 4 aromatic rings. The number of amides is 1. The molecular weight excluding hydrogens is 412 g/mol. The summed E-state index contributed by atoms with van der Waals surface area (Å²) < 4.78 is 5.43. The van der Waals surface area contributed by atoms with Gasteiger partial charge in [-0.1, -0.05) is 18.2 Å². The number of thiazole rings is 1. The van der Waals surface area contributed by atoms with Crippen molar-refractivity contribution in [3.05, 3.63) is 76.6 Å². The maximum absolute atomic E-state index is 12.5. The van der Waals surface area contributed by atoms with E-state index in [0.717, 1.165) is 22.6 Å². The van der Waals surface area contributed by atoms with Gasteiger partial charge < -0.3 is 4.74 Å². The first-order valence-corrected chi connectivity index (χ1v) is 10.5. The standard InChI is InChI=1S/C23H20N4O3S/c1-14-15(2)25-21-11-17(9-10-20(21)24-14)22(29)30-12-18-13-31-23(26-18)27(16(3)28)19-7-5-4-6-8-19/h4-11,13H,12H2,1-3H3. The van der Waals surface area contributed by atoms with Gasteiger partial charge in [0, 0.05) is 12.3 Å². The lowest BCUT2D eigenvalue weighted by atomic mass is 10.2. The first kappa shape index (κ1) is 20.6. The van der Waals surface area contributed by atoms with Crippen LogP contribution in [0.1, 0.15) is 34.4 Å². The van der Waals surface area contributed by atoms with Gasteiger partial charge in [0.25, 0.3) is 0 Å². The summed E-state index contributed by atoms with van der Waals surface area (Å²) in [7, 11) is 0. The summed E-state index contributed by atoms with van der Waals surface area (Å²) in [6.07, 6.45) is 0. The van der Waals surface area contributed by atoms with Gasteiger partial charge >= 0.3 is 5.97 Å². The van der Waals surface area contributed by atoms with E-state index in [0.29, 0.717) is 21.9 Å². The van der Waals surface area contributed by atoms with Gasteiger partial charge in [-0.05, 0) is 44.2 Å². The Morgan fingerprint density at radius 1 is 0.968 bits per heavy atom. The number of benzene rings is 2. The van der Waals surface area contributed by atoms with E-state index in [1.807, 2.05) is 44.2 Å². The Morgan fingerprint density at radius 3 is 2.39 bits per heavy atom. The normalized spacial score (nSPS) is 10.8. The Balaban J connectivity index is 1.48.